The van der Waals surface area contributed by atoms with Crippen molar-refractivity contribution in [2.75, 3.05) is 17.2 Å². The zero-order chi connectivity index (χ0) is 17.4. The molecule has 4 heteroatoms. The summed E-state index contributed by atoms with van der Waals surface area (Å²) in [6.45, 7) is 7.32. The Balaban J connectivity index is 2.05. The van der Waals surface area contributed by atoms with Gasteiger partial charge in [-0.1, -0.05) is 51.8 Å². The van der Waals surface area contributed by atoms with Gasteiger partial charge < -0.3 is 10.6 Å². The molecule has 1 aromatic heterocycles. The molecular formula is C20H27N3O. The van der Waals surface area contributed by atoms with Crippen LogP contribution in [0, 0.1) is 0 Å². The van der Waals surface area contributed by atoms with E-state index in [1.807, 2.05) is 30.3 Å². The molecule has 2 aromatic rings. The van der Waals surface area contributed by atoms with Crippen LogP contribution in [0.25, 0.3) is 0 Å². The van der Waals surface area contributed by atoms with Crippen LogP contribution in [0.2, 0.25) is 0 Å². The molecule has 0 bridgehead atoms. The van der Waals surface area contributed by atoms with Crippen LogP contribution in [0.15, 0.2) is 42.7 Å². The lowest BCUT2D eigenvalue weighted by Crippen LogP contribution is -2.14. The second-order valence-corrected chi connectivity index (χ2v) is 6.29. The third-order valence-corrected chi connectivity index (χ3v) is 3.94. The normalized spacial score (nSPS) is 10.7. The van der Waals surface area contributed by atoms with E-state index in [0.717, 1.165) is 29.9 Å². The highest BCUT2D eigenvalue weighted by Crippen LogP contribution is 2.24. The second kappa shape index (κ2) is 9.06. The molecular weight excluding hydrogens is 298 g/mol. The number of hydrogen-bond acceptors (Lipinski definition) is 3. The van der Waals surface area contributed by atoms with Gasteiger partial charge in [-0.2, -0.15) is 0 Å². The minimum absolute atomic E-state index is 0.132. The number of anilines is 2. The van der Waals surface area contributed by atoms with Crippen LogP contribution < -0.4 is 10.6 Å². The van der Waals surface area contributed by atoms with Crippen molar-refractivity contribution in [1.29, 1.82) is 0 Å². The van der Waals surface area contributed by atoms with Crippen LogP contribution in [0.4, 0.5) is 11.4 Å². The molecule has 1 aromatic carbocycles. The van der Waals surface area contributed by atoms with Gasteiger partial charge in [0.2, 0.25) is 0 Å². The number of para-hydroxylation sites is 1. The van der Waals surface area contributed by atoms with Crippen LogP contribution in [-0.4, -0.2) is 17.4 Å². The first-order valence-corrected chi connectivity index (χ1v) is 8.71. The third-order valence-electron chi connectivity index (χ3n) is 3.94. The summed E-state index contributed by atoms with van der Waals surface area (Å²) in [7, 11) is 0. The summed E-state index contributed by atoms with van der Waals surface area (Å²) in [5.41, 5.74) is 3.44. The van der Waals surface area contributed by atoms with Gasteiger partial charge in [0.1, 0.15) is 0 Å². The molecule has 0 aliphatic rings. The van der Waals surface area contributed by atoms with Gasteiger partial charge in [0.05, 0.1) is 11.3 Å². The molecule has 0 aliphatic carbocycles. The van der Waals surface area contributed by atoms with E-state index in [4.69, 9.17) is 0 Å². The van der Waals surface area contributed by atoms with Gasteiger partial charge in [-0.3, -0.25) is 9.78 Å². The van der Waals surface area contributed by atoms with Gasteiger partial charge in [-0.05, 0) is 30.0 Å². The minimum Gasteiger partial charge on any atom is -0.384 e. The lowest BCUT2D eigenvalue weighted by Gasteiger charge is -2.14. The Labute approximate surface area is 144 Å². The van der Waals surface area contributed by atoms with Gasteiger partial charge in [0, 0.05) is 24.6 Å². The monoisotopic (exact) mass is 325 g/mol. The molecule has 0 saturated carbocycles. The van der Waals surface area contributed by atoms with Crippen LogP contribution in [0.5, 0.6) is 0 Å². The number of hydrogen-bond donors (Lipinski definition) is 2. The summed E-state index contributed by atoms with van der Waals surface area (Å²) < 4.78 is 0. The highest BCUT2D eigenvalue weighted by atomic mass is 16.1. The standard InChI is InChI=1S/C20H27N3O/c1-4-5-8-11-22-17-12-16(13-21-14-17)20(24)23-19-10-7-6-9-18(19)15(2)3/h6-7,9-10,12-15,22H,4-5,8,11H2,1-3H3,(H,23,24). The van der Waals surface area contributed by atoms with Gasteiger partial charge >= 0.3 is 0 Å². The first-order chi connectivity index (χ1) is 11.6. The molecule has 0 aliphatic heterocycles. The molecule has 0 radical (unpaired) electrons. The molecule has 24 heavy (non-hydrogen) atoms. The Hall–Kier alpha value is -2.36. The summed E-state index contributed by atoms with van der Waals surface area (Å²) in [6, 6.07) is 9.77. The Kier molecular flexibility index (Phi) is 6.79. The first kappa shape index (κ1) is 18.0. The fourth-order valence-corrected chi connectivity index (χ4v) is 2.58. The predicted molar refractivity (Wildman–Crippen MR) is 101 cm³/mol. The van der Waals surface area contributed by atoms with Gasteiger partial charge in [0.25, 0.3) is 5.91 Å². The number of unbranched alkanes of at least 4 members (excludes halogenated alkanes) is 2. The first-order valence-electron chi connectivity index (χ1n) is 8.71. The highest BCUT2D eigenvalue weighted by Gasteiger charge is 2.11. The Morgan fingerprint density at radius 1 is 1.17 bits per heavy atom. The van der Waals surface area contributed by atoms with Crippen LogP contribution in [0.1, 0.15) is 61.9 Å². The molecule has 0 unspecified atom stereocenters. The number of amides is 1. The van der Waals surface area contributed by atoms with Crippen LogP contribution in [0.3, 0.4) is 0 Å². The molecule has 0 spiro atoms. The van der Waals surface area contributed by atoms with Crippen molar-refractivity contribution in [3.05, 3.63) is 53.9 Å². The summed E-state index contributed by atoms with van der Waals surface area (Å²) >= 11 is 0. The lowest BCUT2D eigenvalue weighted by atomic mass is 10.0. The maximum Gasteiger partial charge on any atom is 0.257 e. The van der Waals surface area contributed by atoms with Crippen molar-refractivity contribution >= 4 is 17.3 Å². The fourth-order valence-electron chi connectivity index (χ4n) is 2.58. The number of aromatic nitrogens is 1. The Bertz CT molecular complexity index is 667. The molecule has 0 atom stereocenters. The minimum atomic E-state index is -0.132. The SMILES string of the molecule is CCCCCNc1cncc(C(=O)Nc2ccccc2C(C)C)c1. The van der Waals surface area contributed by atoms with Gasteiger partial charge in [-0.25, -0.2) is 0 Å². The smallest absolute Gasteiger partial charge is 0.257 e. The van der Waals surface area contributed by atoms with E-state index in [2.05, 4.69) is 36.4 Å². The molecule has 2 N–H and O–H groups in total. The summed E-state index contributed by atoms with van der Waals surface area (Å²) in [5.74, 6) is 0.221. The van der Waals surface area contributed by atoms with E-state index in [1.165, 1.54) is 12.8 Å². The van der Waals surface area contributed by atoms with E-state index >= 15 is 0 Å². The average Bonchev–Trinajstić information content (AvgIpc) is 2.59. The van der Waals surface area contributed by atoms with Crippen molar-refractivity contribution in [3.63, 3.8) is 0 Å². The van der Waals surface area contributed by atoms with Gasteiger partial charge in [-0.15, -0.1) is 0 Å². The number of benzene rings is 1. The highest BCUT2D eigenvalue weighted by molar-refractivity contribution is 6.05. The van der Waals surface area contributed by atoms with Gasteiger partial charge in [0.15, 0.2) is 0 Å². The van der Waals surface area contributed by atoms with E-state index in [1.54, 1.807) is 12.4 Å². The van der Waals surface area contributed by atoms with E-state index < -0.39 is 0 Å². The van der Waals surface area contributed by atoms with E-state index in [9.17, 15) is 4.79 Å². The lowest BCUT2D eigenvalue weighted by molar-refractivity contribution is 0.102. The van der Waals surface area contributed by atoms with E-state index in [0.29, 0.717) is 11.5 Å². The van der Waals surface area contributed by atoms with E-state index in [-0.39, 0.29) is 5.91 Å². The molecule has 2 rings (SSSR count). The quantitative estimate of drug-likeness (QED) is 0.667. The predicted octanol–water partition coefficient (Wildman–Crippen LogP) is 5.06. The van der Waals surface area contributed by atoms with Crippen molar-refractivity contribution < 1.29 is 4.79 Å². The van der Waals surface area contributed by atoms with Crippen molar-refractivity contribution in [2.45, 2.75) is 46.0 Å². The Morgan fingerprint density at radius 3 is 2.71 bits per heavy atom. The van der Waals surface area contributed by atoms with Crippen molar-refractivity contribution in [2.24, 2.45) is 0 Å². The maximum absolute atomic E-state index is 12.5. The maximum atomic E-state index is 12.5. The Morgan fingerprint density at radius 2 is 1.96 bits per heavy atom. The number of nitrogens with zero attached hydrogens (tertiary/aromatic N) is 1. The molecule has 0 fully saturated rings. The molecule has 4 nitrogen and oxygen atoms in total. The number of nitrogens with one attached hydrogen (secondary N) is 2. The third kappa shape index (κ3) is 5.08. The average molecular weight is 325 g/mol. The zero-order valence-corrected chi connectivity index (χ0v) is 14.8. The fraction of sp³-hybridized carbons (Fsp3) is 0.400. The summed E-state index contributed by atoms with van der Waals surface area (Å²) in [4.78, 5) is 16.7. The molecule has 0 saturated heterocycles. The topological polar surface area (TPSA) is 54.0 Å². The number of carbonyl (C=O) groups is 1. The number of pyridine rings is 1. The molecule has 1 heterocycles. The second-order valence-electron chi connectivity index (χ2n) is 6.29. The van der Waals surface area contributed by atoms with Crippen molar-refractivity contribution in [1.82, 2.24) is 4.98 Å². The molecule has 128 valence electrons. The van der Waals surface area contributed by atoms with Crippen molar-refractivity contribution in [3.8, 4) is 0 Å². The van der Waals surface area contributed by atoms with Crippen LogP contribution >= 0.6 is 0 Å². The molecule has 1 amide bonds. The largest absolute Gasteiger partial charge is 0.384 e. The number of carbonyl (C=O) groups excluding carboxylic acids is 1. The number of rotatable bonds is 8. The van der Waals surface area contributed by atoms with Crippen LogP contribution in [-0.2, 0) is 0 Å². The zero-order valence-electron chi connectivity index (χ0n) is 14.8. The summed E-state index contributed by atoms with van der Waals surface area (Å²) in [5, 5.41) is 6.33. The summed E-state index contributed by atoms with van der Waals surface area (Å²) in [6.07, 6.45) is 6.87.